The summed E-state index contributed by atoms with van der Waals surface area (Å²) in [6.45, 7) is 6.82. The minimum Gasteiger partial charge on any atom is -0.295 e. The van der Waals surface area contributed by atoms with E-state index in [9.17, 15) is 4.79 Å². The maximum atomic E-state index is 12.9. The highest BCUT2D eigenvalue weighted by Gasteiger charge is 2.09. The van der Waals surface area contributed by atoms with E-state index >= 15 is 0 Å². The van der Waals surface area contributed by atoms with Gasteiger partial charge in [-0.25, -0.2) is 0 Å². The van der Waals surface area contributed by atoms with Gasteiger partial charge in [-0.15, -0.1) is 0 Å². The summed E-state index contributed by atoms with van der Waals surface area (Å²) in [5.74, 6) is 0.460. The monoisotopic (exact) mass is 491 g/mol. The second-order valence-corrected chi connectivity index (χ2v) is 11.2. The Kier molecular flexibility index (Phi) is 29.1. The third-order valence-corrected chi connectivity index (χ3v) is 7.61. The van der Waals surface area contributed by atoms with Gasteiger partial charge in [0.05, 0.1) is 0 Å². The molecule has 0 aliphatic carbocycles. The van der Waals surface area contributed by atoms with Crippen molar-refractivity contribution in [2.24, 2.45) is 0 Å². The molecular formula is C34H66O. The Morgan fingerprint density at radius 3 is 1.11 bits per heavy atom. The Morgan fingerprint density at radius 1 is 0.400 bits per heavy atom. The first-order valence-electron chi connectivity index (χ1n) is 16.5. The molecule has 0 amide bonds. The molecule has 0 N–H and O–H groups in total. The largest absolute Gasteiger partial charge is 0.295 e. The fourth-order valence-electron chi connectivity index (χ4n) is 5.12. The van der Waals surface area contributed by atoms with Gasteiger partial charge in [0.2, 0.25) is 0 Å². The van der Waals surface area contributed by atoms with Gasteiger partial charge in [0.25, 0.3) is 0 Å². The van der Waals surface area contributed by atoms with Crippen LogP contribution in [0.2, 0.25) is 0 Å². The Hall–Kier alpha value is -0.590. The van der Waals surface area contributed by atoms with Crippen LogP contribution in [0.1, 0.15) is 201 Å². The van der Waals surface area contributed by atoms with Gasteiger partial charge in [-0.3, -0.25) is 4.79 Å². The summed E-state index contributed by atoms with van der Waals surface area (Å²) in [4.78, 5) is 12.9. The highest BCUT2D eigenvalue weighted by atomic mass is 16.1. The number of carbonyl (C=O) groups is 1. The molecule has 0 radical (unpaired) electrons. The average Bonchev–Trinajstić information content (AvgIpc) is 2.86. The zero-order chi connectivity index (χ0) is 25.7. The number of Topliss-reactive ketones (excluding diaryl/α,β-unsaturated/α-hetero) is 1. The van der Waals surface area contributed by atoms with E-state index in [-0.39, 0.29) is 0 Å². The van der Waals surface area contributed by atoms with Crippen molar-refractivity contribution in [1.82, 2.24) is 0 Å². The number of hydrogen-bond acceptors (Lipinski definition) is 1. The normalized spacial score (nSPS) is 11.9. The molecule has 0 aromatic carbocycles. The molecule has 35 heavy (non-hydrogen) atoms. The van der Waals surface area contributed by atoms with E-state index in [4.69, 9.17) is 0 Å². The third kappa shape index (κ3) is 26.3. The van der Waals surface area contributed by atoms with Crippen LogP contribution in [0.25, 0.3) is 0 Å². The maximum absolute atomic E-state index is 12.9. The lowest BCUT2D eigenvalue weighted by molar-refractivity contribution is -0.115. The molecule has 1 heteroatoms. The summed E-state index contributed by atoms with van der Waals surface area (Å²) in [5, 5.41) is 0. The highest BCUT2D eigenvalue weighted by Crippen LogP contribution is 2.18. The predicted molar refractivity (Wildman–Crippen MR) is 159 cm³/mol. The predicted octanol–water partition coefficient (Wildman–Crippen LogP) is 12.5. The molecule has 0 heterocycles. The van der Waals surface area contributed by atoms with Crippen molar-refractivity contribution in [2.45, 2.75) is 201 Å². The van der Waals surface area contributed by atoms with Crippen LogP contribution in [0.15, 0.2) is 11.6 Å². The molecule has 0 aliphatic heterocycles. The SMILES string of the molecule is CCCCCC/C=C(\CCCCCCC)C(=O)CCCCCCCCCCCCCCCCCC. The van der Waals surface area contributed by atoms with E-state index in [1.54, 1.807) is 0 Å². The van der Waals surface area contributed by atoms with Crippen LogP contribution in [0, 0.1) is 0 Å². The maximum Gasteiger partial charge on any atom is 0.158 e. The minimum absolute atomic E-state index is 0.460. The quantitative estimate of drug-likeness (QED) is 0.0752. The summed E-state index contributed by atoms with van der Waals surface area (Å²) in [6.07, 6.45) is 39.0. The van der Waals surface area contributed by atoms with E-state index < -0.39 is 0 Å². The first-order chi connectivity index (χ1) is 17.3. The van der Waals surface area contributed by atoms with E-state index in [2.05, 4.69) is 26.8 Å². The summed E-state index contributed by atoms with van der Waals surface area (Å²) >= 11 is 0. The molecule has 1 nitrogen and oxygen atoms in total. The fraction of sp³-hybridized carbons (Fsp3) is 0.912. The van der Waals surface area contributed by atoms with Crippen molar-refractivity contribution < 1.29 is 4.79 Å². The van der Waals surface area contributed by atoms with Crippen molar-refractivity contribution in [2.75, 3.05) is 0 Å². The Labute approximate surface area is 222 Å². The minimum atomic E-state index is 0.460. The van der Waals surface area contributed by atoms with Crippen molar-refractivity contribution in [1.29, 1.82) is 0 Å². The number of hydrogen-bond donors (Lipinski definition) is 0. The van der Waals surface area contributed by atoms with Crippen LogP contribution in [0.4, 0.5) is 0 Å². The number of ketones is 1. The molecule has 0 fully saturated rings. The van der Waals surface area contributed by atoms with Crippen LogP contribution in [0.3, 0.4) is 0 Å². The van der Waals surface area contributed by atoms with E-state index in [1.165, 1.54) is 160 Å². The fourth-order valence-corrected chi connectivity index (χ4v) is 5.12. The standard InChI is InChI=1S/C34H66O/c1-4-7-10-13-14-15-16-17-18-19-20-21-22-23-26-29-32-34(35)33(30-27-24-11-8-5-2)31-28-25-12-9-6-3/h30H,4-29,31-32H2,1-3H3/b33-30+. The van der Waals surface area contributed by atoms with Gasteiger partial charge < -0.3 is 0 Å². The molecule has 0 rings (SSSR count). The number of carbonyl (C=O) groups excluding carboxylic acids is 1. The molecule has 0 bridgehead atoms. The average molecular weight is 491 g/mol. The molecule has 0 atom stereocenters. The lowest BCUT2D eigenvalue weighted by atomic mass is 9.96. The molecule has 0 spiro atoms. The van der Waals surface area contributed by atoms with Crippen molar-refractivity contribution >= 4 is 5.78 Å². The molecule has 0 saturated carbocycles. The molecule has 0 aliphatic rings. The van der Waals surface area contributed by atoms with Gasteiger partial charge in [-0.1, -0.05) is 168 Å². The van der Waals surface area contributed by atoms with Gasteiger partial charge in [-0.2, -0.15) is 0 Å². The smallest absolute Gasteiger partial charge is 0.158 e. The van der Waals surface area contributed by atoms with Crippen LogP contribution in [0.5, 0.6) is 0 Å². The zero-order valence-corrected chi connectivity index (χ0v) is 24.8. The van der Waals surface area contributed by atoms with Crippen LogP contribution < -0.4 is 0 Å². The van der Waals surface area contributed by atoms with Crippen LogP contribution in [-0.2, 0) is 4.79 Å². The lowest BCUT2D eigenvalue weighted by Crippen LogP contribution is -2.03. The second-order valence-electron chi connectivity index (χ2n) is 11.2. The Bertz CT molecular complexity index is 450. The molecule has 0 aromatic rings. The van der Waals surface area contributed by atoms with E-state index in [1.807, 2.05) is 0 Å². The summed E-state index contributed by atoms with van der Waals surface area (Å²) in [6, 6.07) is 0. The van der Waals surface area contributed by atoms with Gasteiger partial charge in [0.15, 0.2) is 5.78 Å². The van der Waals surface area contributed by atoms with Crippen molar-refractivity contribution in [3.05, 3.63) is 11.6 Å². The van der Waals surface area contributed by atoms with Crippen molar-refractivity contribution in [3.63, 3.8) is 0 Å². The lowest BCUT2D eigenvalue weighted by Gasteiger charge is -2.08. The topological polar surface area (TPSA) is 17.1 Å². The second kappa shape index (κ2) is 29.6. The van der Waals surface area contributed by atoms with Gasteiger partial charge in [-0.05, 0) is 37.7 Å². The van der Waals surface area contributed by atoms with E-state index in [0.29, 0.717) is 5.78 Å². The molecule has 0 unspecified atom stereocenters. The molecular weight excluding hydrogens is 424 g/mol. The van der Waals surface area contributed by atoms with Crippen molar-refractivity contribution in [3.8, 4) is 0 Å². The summed E-state index contributed by atoms with van der Waals surface area (Å²) in [5.41, 5.74) is 1.17. The molecule has 0 aromatic heterocycles. The van der Waals surface area contributed by atoms with Gasteiger partial charge in [0.1, 0.15) is 0 Å². The molecule has 0 saturated heterocycles. The zero-order valence-electron chi connectivity index (χ0n) is 24.8. The number of rotatable bonds is 29. The van der Waals surface area contributed by atoms with Gasteiger partial charge >= 0.3 is 0 Å². The Balaban J connectivity index is 3.76. The number of unbranched alkanes of at least 4 members (excludes halogenated alkanes) is 23. The number of allylic oxidation sites excluding steroid dienone is 2. The van der Waals surface area contributed by atoms with Gasteiger partial charge in [0, 0.05) is 6.42 Å². The first kappa shape index (κ1) is 34.4. The van der Waals surface area contributed by atoms with E-state index in [0.717, 1.165) is 25.7 Å². The molecule has 208 valence electrons. The van der Waals surface area contributed by atoms with Crippen LogP contribution >= 0.6 is 0 Å². The summed E-state index contributed by atoms with van der Waals surface area (Å²) < 4.78 is 0. The Morgan fingerprint density at radius 2 is 0.714 bits per heavy atom. The highest BCUT2D eigenvalue weighted by molar-refractivity contribution is 5.95. The first-order valence-corrected chi connectivity index (χ1v) is 16.5. The third-order valence-electron chi connectivity index (χ3n) is 7.61. The summed E-state index contributed by atoms with van der Waals surface area (Å²) in [7, 11) is 0. The van der Waals surface area contributed by atoms with Crippen LogP contribution in [-0.4, -0.2) is 5.78 Å².